The van der Waals surface area contributed by atoms with E-state index in [-0.39, 0.29) is 47.1 Å². The minimum Gasteiger partial charge on any atom is -0.508 e. The van der Waals surface area contributed by atoms with Gasteiger partial charge in [0, 0.05) is 27.1 Å². The number of ketones is 2. The lowest BCUT2D eigenvalue weighted by Crippen LogP contribution is -2.65. The number of Topliss-reactive ketones (excluding diaryl/α,β-unsaturated/α-hetero) is 2. The van der Waals surface area contributed by atoms with Crippen molar-refractivity contribution >= 4 is 35.8 Å². The highest BCUT2D eigenvalue weighted by molar-refractivity contribution is 9.10. The summed E-state index contributed by atoms with van der Waals surface area (Å²) in [5.74, 6) is -2.73. The van der Waals surface area contributed by atoms with Crippen molar-refractivity contribution in [2.24, 2.45) is 11.8 Å². The lowest BCUT2D eigenvalue weighted by molar-refractivity contribution is -0.0481. The second-order valence-corrected chi connectivity index (χ2v) is 20.4. The van der Waals surface area contributed by atoms with Crippen molar-refractivity contribution in [1.82, 2.24) is 10.1 Å². The predicted octanol–water partition coefficient (Wildman–Crippen LogP) is 8.22. The van der Waals surface area contributed by atoms with Crippen LogP contribution in [0, 0.1) is 31.5 Å². The fourth-order valence-electron chi connectivity index (χ4n) is 7.41. The molecular formula is C36H42BrFN2O6Si. The van der Waals surface area contributed by atoms with Crippen molar-refractivity contribution in [3.63, 3.8) is 0 Å². The fraction of sp³-hybridized carbons (Fsp3) is 0.472. The number of nitrogens with zero attached hydrogens (tertiary/aromatic N) is 2. The van der Waals surface area contributed by atoms with Gasteiger partial charge >= 0.3 is 0 Å². The molecule has 0 unspecified atom stereocenters. The van der Waals surface area contributed by atoms with Gasteiger partial charge in [-0.2, -0.15) is 0 Å². The Kier molecular flexibility index (Phi) is 8.26. The molecule has 1 aromatic heterocycles. The normalized spacial score (nSPS) is 24.2. The molecule has 0 bridgehead atoms. The molecule has 3 aliphatic carbocycles. The number of halogens is 2. The van der Waals surface area contributed by atoms with Crippen LogP contribution in [-0.4, -0.2) is 54.7 Å². The van der Waals surface area contributed by atoms with Gasteiger partial charge in [-0.15, -0.1) is 0 Å². The SMILES string of the molecule is Cc1c(F)c2c(c(C)c1Br)C(=O)C1=C(O)[C@]3(O[Si](C)(C)C(C)(C)C)C(=O)c4c(OCc5ccccc5)noc4[C@@H](N(C)C)[C@@H]3C[C@@H]1C2. The number of aromatic nitrogens is 1. The van der Waals surface area contributed by atoms with E-state index >= 15 is 9.18 Å². The topological polar surface area (TPSA) is 102 Å². The van der Waals surface area contributed by atoms with Gasteiger partial charge in [0.2, 0.25) is 5.78 Å². The Morgan fingerprint density at radius 3 is 2.40 bits per heavy atom. The second-order valence-electron chi connectivity index (χ2n) is 14.9. The first kappa shape index (κ1) is 33.8. The van der Waals surface area contributed by atoms with Crippen LogP contribution in [0.2, 0.25) is 18.1 Å². The monoisotopic (exact) mass is 724 g/mol. The molecule has 0 saturated heterocycles. The quantitative estimate of drug-likeness (QED) is 0.254. The maximum absolute atomic E-state index is 15.8. The van der Waals surface area contributed by atoms with Gasteiger partial charge in [-0.1, -0.05) is 67.0 Å². The van der Waals surface area contributed by atoms with Crippen LogP contribution >= 0.6 is 15.9 Å². The highest BCUT2D eigenvalue weighted by Gasteiger charge is 2.67. The first-order valence-corrected chi connectivity index (χ1v) is 19.7. The number of hydrogen-bond donors (Lipinski definition) is 1. The van der Waals surface area contributed by atoms with Crippen LogP contribution in [0.15, 0.2) is 50.7 Å². The molecule has 4 atom stereocenters. The molecule has 0 amide bonds. The molecule has 6 rings (SSSR count). The minimum atomic E-state index is -2.84. The van der Waals surface area contributed by atoms with Gasteiger partial charge < -0.3 is 18.8 Å². The van der Waals surface area contributed by atoms with Crippen molar-refractivity contribution in [3.8, 4) is 5.88 Å². The molecule has 0 radical (unpaired) electrons. The second kappa shape index (κ2) is 11.5. The molecular weight excluding hydrogens is 683 g/mol. The highest BCUT2D eigenvalue weighted by Crippen LogP contribution is 2.59. The molecule has 0 fully saturated rings. The number of rotatable bonds is 6. The summed E-state index contributed by atoms with van der Waals surface area (Å²) in [4.78, 5) is 31.6. The van der Waals surface area contributed by atoms with Crippen LogP contribution in [0.5, 0.6) is 5.88 Å². The first-order chi connectivity index (χ1) is 21.9. The molecule has 1 heterocycles. The predicted molar refractivity (Wildman–Crippen MR) is 182 cm³/mol. The number of benzene rings is 2. The molecule has 8 nitrogen and oxygen atoms in total. The number of ether oxygens (including phenoxy) is 1. The molecule has 47 heavy (non-hydrogen) atoms. The maximum Gasteiger partial charge on any atom is 0.265 e. The Bertz CT molecular complexity index is 1830. The fourth-order valence-corrected chi connectivity index (χ4v) is 9.23. The average Bonchev–Trinajstić information content (AvgIpc) is 3.42. The van der Waals surface area contributed by atoms with Crippen molar-refractivity contribution < 1.29 is 32.8 Å². The van der Waals surface area contributed by atoms with E-state index in [1.54, 1.807) is 13.8 Å². The molecule has 2 aromatic carbocycles. The third kappa shape index (κ3) is 4.99. The lowest BCUT2D eigenvalue weighted by atomic mass is 9.58. The van der Waals surface area contributed by atoms with Gasteiger partial charge in [-0.3, -0.25) is 14.5 Å². The van der Waals surface area contributed by atoms with Gasteiger partial charge in [0.05, 0.1) is 6.04 Å². The van der Waals surface area contributed by atoms with Crippen molar-refractivity contribution in [2.45, 2.75) is 83.8 Å². The van der Waals surface area contributed by atoms with E-state index in [2.05, 4.69) is 41.9 Å². The smallest absolute Gasteiger partial charge is 0.265 e. The Morgan fingerprint density at radius 1 is 1.13 bits per heavy atom. The molecule has 3 aliphatic rings. The van der Waals surface area contributed by atoms with Crippen molar-refractivity contribution in [1.29, 1.82) is 0 Å². The number of allylic oxidation sites excluding steroid dienone is 1. The van der Waals surface area contributed by atoms with Crippen LogP contribution in [0.4, 0.5) is 4.39 Å². The van der Waals surface area contributed by atoms with Crippen LogP contribution in [0.1, 0.15) is 82.0 Å². The van der Waals surface area contributed by atoms with E-state index in [0.717, 1.165) is 5.56 Å². The molecule has 0 saturated carbocycles. The van der Waals surface area contributed by atoms with Crippen LogP contribution in [-0.2, 0) is 17.5 Å². The third-order valence-electron chi connectivity index (χ3n) is 10.8. The van der Waals surface area contributed by atoms with Crippen molar-refractivity contribution in [2.75, 3.05) is 14.1 Å². The summed E-state index contributed by atoms with van der Waals surface area (Å²) in [5, 5.41) is 16.5. The summed E-state index contributed by atoms with van der Waals surface area (Å²) in [5.41, 5.74) is 0.773. The van der Waals surface area contributed by atoms with E-state index < -0.39 is 54.9 Å². The molecule has 0 aliphatic heterocycles. The number of carbonyl (C=O) groups excluding carboxylic acids is 2. The third-order valence-corrected chi connectivity index (χ3v) is 16.5. The highest BCUT2D eigenvalue weighted by atomic mass is 79.9. The van der Waals surface area contributed by atoms with Crippen LogP contribution < -0.4 is 4.74 Å². The molecule has 1 N–H and O–H groups in total. The Hall–Kier alpha value is -3.12. The van der Waals surface area contributed by atoms with Crippen molar-refractivity contribution in [3.05, 3.63) is 91.1 Å². The lowest BCUT2D eigenvalue weighted by Gasteiger charge is -2.55. The zero-order valence-electron chi connectivity index (χ0n) is 28.4. The van der Waals surface area contributed by atoms with E-state index in [1.807, 2.05) is 62.4 Å². The zero-order valence-corrected chi connectivity index (χ0v) is 31.0. The number of fused-ring (bicyclic) bond motifs is 4. The summed E-state index contributed by atoms with van der Waals surface area (Å²) < 4.78 is 35.5. The first-order valence-electron chi connectivity index (χ1n) is 16.0. The summed E-state index contributed by atoms with van der Waals surface area (Å²) in [7, 11) is 0.904. The Labute approximate surface area is 284 Å². The molecule has 250 valence electrons. The minimum absolute atomic E-state index is 0.00919. The molecule has 11 heteroatoms. The summed E-state index contributed by atoms with van der Waals surface area (Å²) in [6.45, 7) is 13.8. The van der Waals surface area contributed by atoms with E-state index in [1.165, 1.54) is 0 Å². The van der Waals surface area contributed by atoms with Gasteiger partial charge in [-0.05, 0) is 86.7 Å². The number of hydrogen-bond acceptors (Lipinski definition) is 8. The van der Waals surface area contributed by atoms with Gasteiger partial charge in [0.25, 0.3) is 5.88 Å². The number of aliphatic hydroxyl groups excluding tert-OH is 1. The summed E-state index contributed by atoms with van der Waals surface area (Å²) in [6.07, 6.45) is 0.485. The Morgan fingerprint density at radius 2 is 1.79 bits per heavy atom. The summed E-state index contributed by atoms with van der Waals surface area (Å²) >= 11 is 3.47. The van der Waals surface area contributed by atoms with E-state index in [9.17, 15) is 9.90 Å². The zero-order chi connectivity index (χ0) is 34.4. The summed E-state index contributed by atoms with van der Waals surface area (Å²) in [6, 6.07) is 8.93. The van der Waals surface area contributed by atoms with Crippen LogP contribution in [0.3, 0.4) is 0 Å². The standard InChI is InChI=1S/C36H42BrFN2O6Si/c1-18-24-22(28(38)19(2)27(18)37)15-21-16-23-29(40(6)7)31-26(34(39-45-31)44-17-20-13-11-10-12-14-20)33(43)36(23,32(42)25(21)30(24)41)46-47(8,9)35(3,4)5/h10-14,21,23,29,42H,15-17H2,1-9H3/t21-,23-,29-,36-/m0/s1. The van der Waals surface area contributed by atoms with Gasteiger partial charge in [0.15, 0.2) is 25.5 Å². The number of aliphatic hydroxyl groups is 1. The van der Waals surface area contributed by atoms with Gasteiger partial charge in [0.1, 0.15) is 23.7 Å². The van der Waals surface area contributed by atoms with Gasteiger partial charge in [-0.25, -0.2) is 4.39 Å². The largest absolute Gasteiger partial charge is 0.508 e. The van der Waals surface area contributed by atoms with E-state index in [0.29, 0.717) is 26.9 Å². The average molecular weight is 726 g/mol. The Balaban J connectivity index is 1.60. The molecule has 3 aromatic rings. The molecule has 0 spiro atoms. The van der Waals surface area contributed by atoms with E-state index in [4.69, 9.17) is 13.7 Å². The number of carbonyl (C=O) groups is 2. The maximum atomic E-state index is 15.8. The van der Waals surface area contributed by atoms with Crippen LogP contribution in [0.25, 0.3) is 0 Å².